The molecule has 2 aliphatic carbocycles. The van der Waals surface area contributed by atoms with Crippen molar-refractivity contribution < 1.29 is 18.0 Å². The van der Waals surface area contributed by atoms with Crippen molar-refractivity contribution in [2.24, 2.45) is 5.92 Å². The first kappa shape index (κ1) is 12.7. The molecule has 1 amide bonds. The van der Waals surface area contributed by atoms with Gasteiger partial charge < -0.3 is 10.2 Å². The van der Waals surface area contributed by atoms with Crippen LogP contribution in [0.25, 0.3) is 0 Å². The van der Waals surface area contributed by atoms with Crippen LogP contribution in [0.1, 0.15) is 25.7 Å². The first-order valence-corrected chi connectivity index (χ1v) is 6.02. The minimum Gasteiger partial charge on any atom is -0.338 e. The molecule has 1 N–H and O–H groups in total. The van der Waals surface area contributed by atoms with Crippen LogP contribution in [0, 0.1) is 5.92 Å². The third kappa shape index (κ3) is 4.53. The molecule has 0 aliphatic heterocycles. The number of rotatable bonds is 6. The van der Waals surface area contributed by atoms with Crippen molar-refractivity contribution in [1.82, 2.24) is 10.2 Å². The van der Waals surface area contributed by atoms with E-state index in [1.165, 1.54) is 0 Å². The number of hydrogen-bond acceptors (Lipinski definition) is 2. The van der Waals surface area contributed by atoms with E-state index in [0.29, 0.717) is 5.92 Å². The predicted octanol–water partition coefficient (Wildman–Crippen LogP) is 1.54. The van der Waals surface area contributed by atoms with Gasteiger partial charge in [0.05, 0.1) is 13.1 Å². The number of nitrogens with one attached hydrogen (secondary N) is 1. The quantitative estimate of drug-likeness (QED) is 0.775. The molecule has 2 aliphatic rings. The van der Waals surface area contributed by atoms with Gasteiger partial charge in [-0.3, -0.25) is 4.79 Å². The van der Waals surface area contributed by atoms with Crippen LogP contribution in [-0.4, -0.2) is 42.7 Å². The van der Waals surface area contributed by atoms with E-state index in [1.807, 2.05) is 0 Å². The summed E-state index contributed by atoms with van der Waals surface area (Å²) in [4.78, 5) is 13.5. The SMILES string of the molecule is O=C(CNCC(F)(F)F)N(CC1CC1)C1CC1. The molecule has 0 saturated heterocycles. The number of carbonyl (C=O) groups is 1. The minimum atomic E-state index is -4.25. The van der Waals surface area contributed by atoms with Crippen LogP contribution in [0.4, 0.5) is 13.2 Å². The smallest absolute Gasteiger partial charge is 0.338 e. The van der Waals surface area contributed by atoms with Crippen LogP contribution in [0.3, 0.4) is 0 Å². The zero-order chi connectivity index (χ0) is 12.5. The van der Waals surface area contributed by atoms with E-state index in [9.17, 15) is 18.0 Å². The van der Waals surface area contributed by atoms with Crippen molar-refractivity contribution in [1.29, 1.82) is 0 Å². The molecule has 6 heteroatoms. The Hall–Kier alpha value is -0.780. The van der Waals surface area contributed by atoms with Crippen molar-refractivity contribution in [3.63, 3.8) is 0 Å². The van der Waals surface area contributed by atoms with E-state index in [0.717, 1.165) is 32.2 Å². The summed E-state index contributed by atoms with van der Waals surface area (Å²) >= 11 is 0. The molecule has 0 unspecified atom stereocenters. The second kappa shape index (κ2) is 4.84. The molecule has 0 spiro atoms. The molecule has 0 heterocycles. The lowest BCUT2D eigenvalue weighted by Crippen LogP contribution is -2.42. The minimum absolute atomic E-state index is 0.191. The maximum absolute atomic E-state index is 11.9. The molecule has 2 saturated carbocycles. The van der Waals surface area contributed by atoms with Crippen LogP contribution in [-0.2, 0) is 4.79 Å². The van der Waals surface area contributed by atoms with Gasteiger partial charge in [-0.1, -0.05) is 0 Å². The molecule has 0 atom stereocenters. The number of amides is 1. The Morgan fingerprint density at radius 2 is 1.88 bits per heavy atom. The highest BCUT2D eigenvalue weighted by atomic mass is 19.4. The summed E-state index contributed by atoms with van der Waals surface area (Å²) in [5, 5.41) is 2.17. The standard InChI is InChI=1S/C11H17F3N2O/c12-11(13,14)7-15-5-10(17)16(9-3-4-9)6-8-1-2-8/h8-9,15H,1-7H2. The van der Waals surface area contributed by atoms with Gasteiger partial charge in [0, 0.05) is 12.6 Å². The fourth-order valence-electron chi connectivity index (χ4n) is 1.83. The molecule has 2 rings (SSSR count). The normalized spacial score (nSPS) is 20.4. The van der Waals surface area contributed by atoms with Crippen molar-refractivity contribution >= 4 is 5.91 Å². The zero-order valence-corrected chi connectivity index (χ0v) is 9.59. The summed E-state index contributed by atoms with van der Waals surface area (Å²) in [6.07, 6.45) is 0.0373. The number of nitrogens with zero attached hydrogens (tertiary/aromatic N) is 1. The average molecular weight is 250 g/mol. The largest absolute Gasteiger partial charge is 0.401 e. The highest BCUT2D eigenvalue weighted by Gasteiger charge is 2.36. The Bertz CT molecular complexity index is 285. The summed E-state index contributed by atoms with van der Waals surface area (Å²) in [6.45, 7) is -0.569. The second-order valence-electron chi connectivity index (χ2n) is 4.94. The lowest BCUT2D eigenvalue weighted by molar-refractivity contribution is -0.134. The van der Waals surface area contributed by atoms with Gasteiger partial charge in [0.1, 0.15) is 0 Å². The predicted molar refractivity (Wildman–Crippen MR) is 56.4 cm³/mol. The molecule has 0 aromatic heterocycles. The van der Waals surface area contributed by atoms with E-state index < -0.39 is 12.7 Å². The Labute approximate surface area is 98.3 Å². The third-order valence-corrected chi connectivity index (χ3v) is 3.06. The Morgan fingerprint density at radius 1 is 1.24 bits per heavy atom. The molecule has 2 fully saturated rings. The monoisotopic (exact) mass is 250 g/mol. The summed E-state index contributed by atoms with van der Waals surface area (Å²) in [6, 6.07) is 0.288. The lowest BCUT2D eigenvalue weighted by atomic mass is 10.3. The molecule has 0 aromatic rings. The zero-order valence-electron chi connectivity index (χ0n) is 9.59. The van der Waals surface area contributed by atoms with E-state index in [1.54, 1.807) is 4.90 Å². The number of halogens is 3. The van der Waals surface area contributed by atoms with E-state index >= 15 is 0 Å². The van der Waals surface area contributed by atoms with Crippen LogP contribution < -0.4 is 5.32 Å². The Morgan fingerprint density at radius 3 is 2.35 bits per heavy atom. The molecule has 0 bridgehead atoms. The van der Waals surface area contributed by atoms with Crippen molar-refractivity contribution in [2.75, 3.05) is 19.6 Å². The Balaban J connectivity index is 1.72. The average Bonchev–Trinajstić information content (AvgIpc) is 3.05. The first-order chi connectivity index (χ1) is 7.96. The molecule has 3 nitrogen and oxygen atoms in total. The van der Waals surface area contributed by atoms with E-state index in [2.05, 4.69) is 5.32 Å². The second-order valence-corrected chi connectivity index (χ2v) is 4.94. The maximum atomic E-state index is 11.9. The molecular weight excluding hydrogens is 233 g/mol. The molecular formula is C11H17F3N2O. The van der Waals surface area contributed by atoms with Crippen LogP contribution in [0.5, 0.6) is 0 Å². The number of carbonyl (C=O) groups excluding carboxylic acids is 1. The van der Waals surface area contributed by atoms with Gasteiger partial charge in [0.15, 0.2) is 0 Å². The highest BCUT2D eigenvalue weighted by molar-refractivity contribution is 5.79. The van der Waals surface area contributed by atoms with Crippen molar-refractivity contribution in [2.45, 2.75) is 37.9 Å². The van der Waals surface area contributed by atoms with Gasteiger partial charge in [-0.05, 0) is 31.6 Å². The summed E-state index contributed by atoms with van der Waals surface area (Å²) in [5.41, 5.74) is 0. The van der Waals surface area contributed by atoms with Gasteiger partial charge in [-0.25, -0.2) is 0 Å². The van der Waals surface area contributed by atoms with E-state index in [4.69, 9.17) is 0 Å². The molecule has 17 heavy (non-hydrogen) atoms. The third-order valence-electron chi connectivity index (χ3n) is 3.06. The number of hydrogen-bond donors (Lipinski definition) is 1. The molecule has 0 radical (unpaired) electrons. The fraction of sp³-hybridized carbons (Fsp3) is 0.909. The first-order valence-electron chi connectivity index (χ1n) is 6.02. The fourth-order valence-corrected chi connectivity index (χ4v) is 1.83. The maximum Gasteiger partial charge on any atom is 0.401 e. The van der Waals surface area contributed by atoms with Crippen LogP contribution >= 0.6 is 0 Å². The van der Waals surface area contributed by atoms with E-state index in [-0.39, 0.29) is 18.5 Å². The molecule has 98 valence electrons. The Kier molecular flexibility index (Phi) is 3.61. The summed E-state index contributed by atoms with van der Waals surface area (Å²) in [5.74, 6) is 0.394. The van der Waals surface area contributed by atoms with Gasteiger partial charge in [-0.15, -0.1) is 0 Å². The lowest BCUT2D eigenvalue weighted by Gasteiger charge is -2.22. The van der Waals surface area contributed by atoms with Crippen LogP contribution in [0.15, 0.2) is 0 Å². The summed E-state index contributed by atoms with van der Waals surface area (Å²) < 4.78 is 35.7. The number of alkyl halides is 3. The van der Waals surface area contributed by atoms with Gasteiger partial charge in [0.25, 0.3) is 0 Å². The van der Waals surface area contributed by atoms with Crippen molar-refractivity contribution in [3.05, 3.63) is 0 Å². The summed E-state index contributed by atoms with van der Waals surface area (Å²) in [7, 11) is 0. The van der Waals surface area contributed by atoms with Gasteiger partial charge >= 0.3 is 6.18 Å². The highest BCUT2D eigenvalue weighted by Crippen LogP contribution is 2.34. The van der Waals surface area contributed by atoms with Gasteiger partial charge in [-0.2, -0.15) is 13.2 Å². The van der Waals surface area contributed by atoms with Crippen LogP contribution in [0.2, 0.25) is 0 Å². The topological polar surface area (TPSA) is 32.3 Å². The molecule has 0 aromatic carbocycles. The van der Waals surface area contributed by atoms with Crippen molar-refractivity contribution in [3.8, 4) is 0 Å². The van der Waals surface area contributed by atoms with Gasteiger partial charge in [0.2, 0.25) is 5.91 Å².